The normalized spacial score (nSPS) is 16.2. The highest BCUT2D eigenvalue weighted by Crippen LogP contribution is 2.22. The summed E-state index contributed by atoms with van der Waals surface area (Å²) in [6, 6.07) is 22.1. The number of anilines is 1. The van der Waals surface area contributed by atoms with Crippen LogP contribution >= 0.6 is 0 Å². The molecule has 3 aromatic rings. The van der Waals surface area contributed by atoms with Gasteiger partial charge in [0.25, 0.3) is 0 Å². The van der Waals surface area contributed by atoms with Gasteiger partial charge < -0.3 is 10.2 Å². The number of nitriles is 1. The molecule has 6 nitrogen and oxygen atoms in total. The Hall–Kier alpha value is -3.53. The van der Waals surface area contributed by atoms with Crippen LogP contribution in [0.15, 0.2) is 66.9 Å². The number of amides is 1. The third kappa shape index (κ3) is 5.64. The predicted molar refractivity (Wildman–Crippen MR) is 131 cm³/mol. The van der Waals surface area contributed by atoms with Crippen molar-refractivity contribution < 1.29 is 4.79 Å². The molecule has 1 saturated heterocycles. The highest BCUT2D eigenvalue weighted by atomic mass is 16.2. The first-order valence-corrected chi connectivity index (χ1v) is 11.3. The van der Waals surface area contributed by atoms with E-state index in [-0.39, 0.29) is 12.3 Å². The zero-order valence-electron chi connectivity index (χ0n) is 19.2. The maximum atomic E-state index is 12.8. The third-order valence-electron chi connectivity index (χ3n) is 6.06. The van der Waals surface area contributed by atoms with E-state index in [0.29, 0.717) is 11.6 Å². The summed E-state index contributed by atoms with van der Waals surface area (Å²) in [6.07, 6.45) is 1.98. The molecule has 2 aromatic carbocycles. The first-order valence-electron chi connectivity index (χ1n) is 11.3. The summed E-state index contributed by atoms with van der Waals surface area (Å²) in [6.45, 7) is 6.27. The smallest absolute Gasteiger partial charge is 0.231 e. The van der Waals surface area contributed by atoms with Crippen LogP contribution in [0.25, 0.3) is 11.3 Å². The molecule has 168 valence electrons. The van der Waals surface area contributed by atoms with Gasteiger partial charge in [-0.3, -0.25) is 14.7 Å². The lowest BCUT2D eigenvalue weighted by molar-refractivity contribution is -0.117. The minimum Gasteiger partial charge on any atom is -0.315 e. The molecule has 1 atom stereocenters. The van der Waals surface area contributed by atoms with Crippen molar-refractivity contribution in [2.24, 2.45) is 0 Å². The molecule has 0 aliphatic carbocycles. The number of hydrogen-bond donors (Lipinski definition) is 1. The monoisotopic (exact) mass is 439 g/mol. The molecule has 1 aliphatic heterocycles. The molecule has 1 amide bonds. The summed E-state index contributed by atoms with van der Waals surface area (Å²) >= 11 is 0. The van der Waals surface area contributed by atoms with Crippen LogP contribution in [0.4, 0.5) is 5.69 Å². The van der Waals surface area contributed by atoms with Crippen molar-refractivity contribution in [1.82, 2.24) is 15.2 Å². The molecule has 0 unspecified atom stereocenters. The lowest BCUT2D eigenvalue weighted by atomic mass is 10.0. The summed E-state index contributed by atoms with van der Waals surface area (Å²) in [5.74, 6) is 0.00524. The van der Waals surface area contributed by atoms with E-state index in [0.717, 1.165) is 48.7 Å². The maximum absolute atomic E-state index is 12.8. The Morgan fingerprint density at radius 2 is 1.91 bits per heavy atom. The van der Waals surface area contributed by atoms with Gasteiger partial charge >= 0.3 is 0 Å². The number of rotatable bonds is 6. The van der Waals surface area contributed by atoms with E-state index in [9.17, 15) is 10.1 Å². The van der Waals surface area contributed by atoms with Crippen LogP contribution in [0.5, 0.6) is 0 Å². The lowest BCUT2D eigenvalue weighted by Crippen LogP contribution is -2.48. The zero-order chi connectivity index (χ0) is 23.2. The average Bonchev–Trinajstić information content (AvgIpc) is 2.84. The Kier molecular flexibility index (Phi) is 7.13. The Balaban J connectivity index is 1.37. The van der Waals surface area contributed by atoms with Gasteiger partial charge in [-0.05, 0) is 42.3 Å². The molecule has 1 N–H and O–H groups in total. The number of carbonyl (C=O) groups is 1. The molecule has 1 aliphatic rings. The van der Waals surface area contributed by atoms with Crippen molar-refractivity contribution in [3.63, 3.8) is 0 Å². The SMILES string of the molecule is C[C@H]1CN(Cc2ccc(N(C)C(=O)Cc3ccc(-c4ccccc4C#N)nc3)cc2)CCN1. The lowest BCUT2D eigenvalue weighted by Gasteiger charge is -2.31. The number of hydrogen-bond acceptors (Lipinski definition) is 5. The standard InChI is InChI=1S/C27H29N5O/c1-20-18-32(14-13-29-20)19-21-7-10-24(11-8-21)31(2)27(33)15-22-9-12-26(30-17-22)25-6-4-3-5-23(25)16-28/h3-12,17,20,29H,13-15,18-19H2,1-2H3/t20-/m0/s1. The van der Waals surface area contributed by atoms with E-state index in [1.165, 1.54) is 5.56 Å². The minimum atomic E-state index is 0.00524. The summed E-state index contributed by atoms with van der Waals surface area (Å²) in [5, 5.41) is 12.8. The largest absolute Gasteiger partial charge is 0.315 e. The summed E-state index contributed by atoms with van der Waals surface area (Å²) in [7, 11) is 1.81. The molecular weight excluding hydrogens is 410 g/mol. The van der Waals surface area contributed by atoms with Crippen LogP contribution in [-0.2, 0) is 17.8 Å². The Morgan fingerprint density at radius 3 is 2.61 bits per heavy atom. The Labute approximate surface area is 195 Å². The van der Waals surface area contributed by atoms with Crippen LogP contribution in [0.1, 0.15) is 23.6 Å². The van der Waals surface area contributed by atoms with Gasteiger partial charge in [-0.1, -0.05) is 36.4 Å². The van der Waals surface area contributed by atoms with Crippen LogP contribution in [0.3, 0.4) is 0 Å². The number of piperazine rings is 1. The Bertz CT molecular complexity index is 1130. The number of nitrogens with zero attached hydrogens (tertiary/aromatic N) is 4. The number of nitrogens with one attached hydrogen (secondary N) is 1. The quantitative estimate of drug-likeness (QED) is 0.635. The second-order valence-corrected chi connectivity index (χ2v) is 8.60. The fourth-order valence-corrected chi connectivity index (χ4v) is 4.17. The minimum absolute atomic E-state index is 0.00524. The van der Waals surface area contributed by atoms with E-state index in [1.807, 2.05) is 42.5 Å². The number of aromatic nitrogens is 1. The van der Waals surface area contributed by atoms with Crippen molar-refractivity contribution in [2.75, 3.05) is 31.6 Å². The van der Waals surface area contributed by atoms with Gasteiger partial charge in [-0.2, -0.15) is 5.26 Å². The van der Waals surface area contributed by atoms with Gasteiger partial charge in [-0.25, -0.2) is 0 Å². The van der Waals surface area contributed by atoms with Crippen molar-refractivity contribution in [3.05, 3.63) is 83.6 Å². The highest BCUT2D eigenvalue weighted by Gasteiger charge is 2.16. The van der Waals surface area contributed by atoms with Crippen LogP contribution in [0, 0.1) is 11.3 Å². The highest BCUT2D eigenvalue weighted by molar-refractivity contribution is 5.94. The van der Waals surface area contributed by atoms with Crippen molar-refractivity contribution >= 4 is 11.6 Å². The molecule has 6 heteroatoms. The summed E-state index contributed by atoms with van der Waals surface area (Å²) < 4.78 is 0. The van der Waals surface area contributed by atoms with E-state index in [2.05, 4.69) is 40.3 Å². The molecule has 2 heterocycles. The fourth-order valence-electron chi connectivity index (χ4n) is 4.17. The Morgan fingerprint density at radius 1 is 1.15 bits per heavy atom. The van der Waals surface area contributed by atoms with Gasteiger partial charge in [-0.15, -0.1) is 0 Å². The number of likely N-dealkylation sites (N-methyl/N-ethyl adjacent to an activating group) is 1. The van der Waals surface area contributed by atoms with Gasteiger partial charge in [0.2, 0.25) is 5.91 Å². The number of benzene rings is 2. The van der Waals surface area contributed by atoms with E-state index in [4.69, 9.17) is 0 Å². The second-order valence-electron chi connectivity index (χ2n) is 8.60. The zero-order valence-corrected chi connectivity index (χ0v) is 19.2. The fraction of sp³-hybridized carbons (Fsp3) is 0.296. The van der Waals surface area contributed by atoms with E-state index >= 15 is 0 Å². The van der Waals surface area contributed by atoms with Crippen molar-refractivity contribution in [1.29, 1.82) is 5.26 Å². The van der Waals surface area contributed by atoms with E-state index < -0.39 is 0 Å². The predicted octanol–water partition coefficient (Wildman–Crippen LogP) is 3.62. The van der Waals surface area contributed by atoms with Gasteiger partial charge in [0, 0.05) is 56.7 Å². The van der Waals surface area contributed by atoms with Gasteiger partial charge in [0.05, 0.1) is 23.7 Å². The third-order valence-corrected chi connectivity index (χ3v) is 6.06. The second kappa shape index (κ2) is 10.4. The van der Waals surface area contributed by atoms with Crippen LogP contribution in [-0.4, -0.2) is 48.5 Å². The molecule has 0 spiro atoms. The van der Waals surface area contributed by atoms with E-state index in [1.54, 1.807) is 24.2 Å². The van der Waals surface area contributed by atoms with Gasteiger partial charge in [0.1, 0.15) is 0 Å². The maximum Gasteiger partial charge on any atom is 0.231 e. The topological polar surface area (TPSA) is 72.3 Å². The molecule has 0 saturated carbocycles. The summed E-state index contributed by atoms with van der Waals surface area (Å²) in [5.41, 5.74) is 5.09. The van der Waals surface area contributed by atoms with Crippen LogP contribution in [0.2, 0.25) is 0 Å². The van der Waals surface area contributed by atoms with Crippen molar-refractivity contribution in [2.45, 2.75) is 25.9 Å². The summed E-state index contributed by atoms with van der Waals surface area (Å²) in [4.78, 5) is 21.5. The molecular formula is C27H29N5O. The van der Waals surface area contributed by atoms with Gasteiger partial charge in [0.15, 0.2) is 0 Å². The number of pyridine rings is 1. The number of carbonyl (C=O) groups excluding carboxylic acids is 1. The first kappa shape index (κ1) is 22.7. The molecule has 33 heavy (non-hydrogen) atoms. The average molecular weight is 440 g/mol. The molecule has 1 fully saturated rings. The molecule has 0 radical (unpaired) electrons. The molecule has 4 rings (SSSR count). The molecule has 1 aromatic heterocycles. The van der Waals surface area contributed by atoms with Crippen LogP contribution < -0.4 is 10.2 Å². The first-order chi connectivity index (χ1) is 16.0. The van der Waals surface area contributed by atoms with Crippen molar-refractivity contribution in [3.8, 4) is 17.3 Å². The molecule has 0 bridgehead atoms.